The molecule has 1 fully saturated rings. The highest BCUT2D eigenvalue weighted by Gasteiger charge is 2.48. The molecule has 4 aromatic rings. The summed E-state index contributed by atoms with van der Waals surface area (Å²) in [5.41, 5.74) is 1.51. The van der Waals surface area contributed by atoms with Crippen LogP contribution in [0.4, 0.5) is 9.52 Å². The number of aliphatic hydroxyl groups is 1. The van der Waals surface area contributed by atoms with E-state index in [1.165, 1.54) is 40.5 Å². The minimum absolute atomic E-state index is 0.0618. The maximum Gasteiger partial charge on any atom is 0.301 e. The van der Waals surface area contributed by atoms with E-state index in [1.54, 1.807) is 30.3 Å². The SMILES string of the molecule is O=C1C(=O)N(c2nc3ccc(Br)cc3s2)C(c2ccc(F)cc2)/C1=C(/O)c1ccccc1. The first-order valence-electron chi connectivity index (χ1n) is 9.62. The van der Waals surface area contributed by atoms with Gasteiger partial charge in [0.1, 0.15) is 11.6 Å². The summed E-state index contributed by atoms with van der Waals surface area (Å²) in [6, 6.07) is 18.6. The van der Waals surface area contributed by atoms with Gasteiger partial charge in [0.25, 0.3) is 5.78 Å². The number of carbonyl (C=O) groups is 2. The van der Waals surface area contributed by atoms with Crippen molar-refractivity contribution in [3.63, 3.8) is 0 Å². The Morgan fingerprint density at radius 1 is 1.03 bits per heavy atom. The fourth-order valence-corrected chi connectivity index (χ4v) is 5.28. The van der Waals surface area contributed by atoms with E-state index in [0.29, 0.717) is 21.8 Å². The molecule has 1 aliphatic rings. The molecule has 0 aliphatic carbocycles. The predicted octanol–water partition coefficient (Wildman–Crippen LogP) is 5.82. The molecule has 0 saturated carbocycles. The van der Waals surface area contributed by atoms with Gasteiger partial charge in [0, 0.05) is 10.0 Å². The highest BCUT2D eigenvalue weighted by Crippen LogP contribution is 2.44. The molecule has 1 atom stereocenters. The first-order chi connectivity index (χ1) is 15.4. The molecule has 8 heteroatoms. The maximum atomic E-state index is 13.6. The number of ketones is 1. The molecule has 0 bridgehead atoms. The smallest absolute Gasteiger partial charge is 0.301 e. The standard InChI is InChI=1S/C24H14BrFN2O3S/c25-15-8-11-17-18(12-15)32-24(27-17)28-20(13-6-9-16(26)10-7-13)19(22(30)23(28)31)21(29)14-4-2-1-3-5-14/h1-12,20,29H/b21-19-. The van der Waals surface area contributed by atoms with Crippen LogP contribution in [0.2, 0.25) is 0 Å². The molecule has 1 unspecified atom stereocenters. The van der Waals surface area contributed by atoms with Crippen LogP contribution in [0, 0.1) is 5.82 Å². The van der Waals surface area contributed by atoms with Crippen molar-refractivity contribution in [3.05, 3.63) is 99.8 Å². The Labute approximate surface area is 194 Å². The number of aromatic nitrogens is 1. The number of carbonyl (C=O) groups excluding carboxylic acids is 2. The van der Waals surface area contributed by atoms with Gasteiger partial charge in [-0.15, -0.1) is 0 Å². The molecule has 5 nitrogen and oxygen atoms in total. The number of anilines is 1. The molecule has 1 aliphatic heterocycles. The van der Waals surface area contributed by atoms with Gasteiger partial charge in [-0.2, -0.15) is 0 Å². The van der Waals surface area contributed by atoms with Crippen molar-refractivity contribution in [2.45, 2.75) is 6.04 Å². The van der Waals surface area contributed by atoms with E-state index in [-0.39, 0.29) is 11.3 Å². The van der Waals surface area contributed by atoms with E-state index in [4.69, 9.17) is 0 Å². The fourth-order valence-electron chi connectivity index (χ4n) is 3.73. The molecule has 3 aromatic carbocycles. The van der Waals surface area contributed by atoms with Gasteiger partial charge in [-0.05, 0) is 35.9 Å². The molecule has 2 heterocycles. The van der Waals surface area contributed by atoms with Crippen LogP contribution in [-0.2, 0) is 9.59 Å². The lowest BCUT2D eigenvalue weighted by atomic mass is 9.95. The average Bonchev–Trinajstić information content (AvgIpc) is 3.32. The third kappa shape index (κ3) is 3.41. The number of hydrogen-bond donors (Lipinski definition) is 1. The van der Waals surface area contributed by atoms with Gasteiger partial charge in [0.2, 0.25) is 0 Å². The van der Waals surface area contributed by atoms with Gasteiger partial charge < -0.3 is 5.11 Å². The van der Waals surface area contributed by atoms with E-state index in [0.717, 1.165) is 9.17 Å². The Morgan fingerprint density at radius 3 is 2.47 bits per heavy atom. The van der Waals surface area contributed by atoms with E-state index >= 15 is 0 Å². The molecular weight excluding hydrogens is 495 g/mol. The Morgan fingerprint density at radius 2 is 1.75 bits per heavy atom. The van der Waals surface area contributed by atoms with Crippen LogP contribution in [0.3, 0.4) is 0 Å². The molecule has 1 amide bonds. The molecule has 0 radical (unpaired) electrons. The zero-order chi connectivity index (χ0) is 22.4. The van der Waals surface area contributed by atoms with Gasteiger partial charge in [-0.1, -0.05) is 69.7 Å². The fraction of sp³-hybridized carbons (Fsp3) is 0.0417. The Hall–Kier alpha value is -3.36. The lowest BCUT2D eigenvalue weighted by Crippen LogP contribution is -2.29. The second kappa shape index (κ2) is 7.96. The van der Waals surface area contributed by atoms with E-state index in [2.05, 4.69) is 20.9 Å². The molecular formula is C24H14BrFN2O3S. The quantitative estimate of drug-likeness (QED) is 0.215. The summed E-state index contributed by atoms with van der Waals surface area (Å²) in [5, 5.41) is 11.3. The van der Waals surface area contributed by atoms with Crippen molar-refractivity contribution in [3.8, 4) is 0 Å². The van der Waals surface area contributed by atoms with Crippen molar-refractivity contribution in [1.82, 2.24) is 4.98 Å². The topological polar surface area (TPSA) is 70.5 Å². The van der Waals surface area contributed by atoms with Gasteiger partial charge >= 0.3 is 5.91 Å². The zero-order valence-corrected chi connectivity index (χ0v) is 18.7. The number of thiazole rings is 1. The van der Waals surface area contributed by atoms with Gasteiger partial charge in [-0.25, -0.2) is 9.37 Å². The highest BCUT2D eigenvalue weighted by molar-refractivity contribution is 9.10. The third-order valence-corrected chi connectivity index (χ3v) is 6.73. The van der Waals surface area contributed by atoms with Crippen molar-refractivity contribution in [2.75, 3.05) is 4.90 Å². The minimum Gasteiger partial charge on any atom is -0.507 e. The first kappa shape index (κ1) is 20.5. The number of amides is 1. The second-order valence-corrected chi connectivity index (χ2v) is 9.12. The summed E-state index contributed by atoms with van der Waals surface area (Å²) < 4.78 is 15.3. The second-order valence-electron chi connectivity index (χ2n) is 7.20. The van der Waals surface area contributed by atoms with Crippen molar-refractivity contribution < 1.29 is 19.1 Å². The van der Waals surface area contributed by atoms with E-state index < -0.39 is 23.5 Å². The summed E-state index contributed by atoms with van der Waals surface area (Å²) in [7, 11) is 0. The van der Waals surface area contributed by atoms with Crippen LogP contribution in [-0.4, -0.2) is 21.8 Å². The first-order valence-corrected chi connectivity index (χ1v) is 11.2. The third-order valence-electron chi connectivity index (χ3n) is 5.22. The molecule has 1 saturated heterocycles. The average molecular weight is 509 g/mol. The van der Waals surface area contributed by atoms with Gasteiger partial charge in [-0.3, -0.25) is 14.5 Å². The lowest BCUT2D eigenvalue weighted by molar-refractivity contribution is -0.132. The van der Waals surface area contributed by atoms with Crippen molar-refractivity contribution in [2.24, 2.45) is 0 Å². The number of halogens is 2. The van der Waals surface area contributed by atoms with E-state index in [1.807, 2.05) is 18.2 Å². The Balaban J connectivity index is 1.73. The molecule has 158 valence electrons. The van der Waals surface area contributed by atoms with Crippen LogP contribution < -0.4 is 4.90 Å². The van der Waals surface area contributed by atoms with Crippen LogP contribution in [0.25, 0.3) is 16.0 Å². The molecule has 1 N–H and O–H groups in total. The summed E-state index contributed by atoms with van der Waals surface area (Å²) in [6.45, 7) is 0. The number of nitrogens with zero attached hydrogens (tertiary/aromatic N) is 2. The largest absolute Gasteiger partial charge is 0.507 e. The van der Waals surface area contributed by atoms with Gasteiger partial charge in [0.05, 0.1) is 21.8 Å². The van der Waals surface area contributed by atoms with Gasteiger partial charge in [0.15, 0.2) is 5.13 Å². The molecule has 5 rings (SSSR count). The van der Waals surface area contributed by atoms with Crippen molar-refractivity contribution >= 4 is 60.1 Å². The molecule has 0 spiro atoms. The monoisotopic (exact) mass is 508 g/mol. The number of rotatable bonds is 3. The number of hydrogen-bond acceptors (Lipinski definition) is 5. The summed E-state index contributed by atoms with van der Waals surface area (Å²) in [5.74, 6) is -2.35. The lowest BCUT2D eigenvalue weighted by Gasteiger charge is -2.22. The molecule has 32 heavy (non-hydrogen) atoms. The summed E-state index contributed by atoms with van der Waals surface area (Å²) in [6.07, 6.45) is 0. The predicted molar refractivity (Wildman–Crippen MR) is 125 cm³/mol. The summed E-state index contributed by atoms with van der Waals surface area (Å²) in [4.78, 5) is 32.1. The number of aliphatic hydroxyl groups excluding tert-OH is 1. The van der Waals surface area contributed by atoms with E-state index in [9.17, 15) is 19.1 Å². The van der Waals surface area contributed by atoms with Crippen LogP contribution in [0.5, 0.6) is 0 Å². The van der Waals surface area contributed by atoms with Crippen LogP contribution in [0.1, 0.15) is 17.2 Å². The zero-order valence-electron chi connectivity index (χ0n) is 16.3. The molecule has 1 aromatic heterocycles. The summed E-state index contributed by atoms with van der Waals surface area (Å²) >= 11 is 4.68. The van der Waals surface area contributed by atoms with Crippen molar-refractivity contribution in [1.29, 1.82) is 0 Å². The van der Waals surface area contributed by atoms with Crippen LogP contribution in [0.15, 0.2) is 82.8 Å². The number of Topliss-reactive ketones (excluding diaryl/α,β-unsaturated/α-hetero) is 1. The normalized spacial score (nSPS) is 17.9. The highest BCUT2D eigenvalue weighted by atomic mass is 79.9. The Bertz CT molecular complexity index is 1400. The number of benzene rings is 3. The minimum atomic E-state index is -0.945. The maximum absolute atomic E-state index is 13.6. The number of fused-ring (bicyclic) bond motifs is 1. The van der Waals surface area contributed by atoms with Crippen LogP contribution >= 0.6 is 27.3 Å². The Kier molecular flexibility index (Phi) is 5.11.